The van der Waals surface area contributed by atoms with Crippen LogP contribution in [0.2, 0.25) is 0 Å². The van der Waals surface area contributed by atoms with E-state index in [1.54, 1.807) is 30.3 Å². The van der Waals surface area contributed by atoms with Gasteiger partial charge in [-0.15, -0.1) is 11.8 Å². The Balaban J connectivity index is 0.000000587. The normalized spacial score (nSPS) is 26.4. The molecule has 13 nitrogen and oxygen atoms in total. The quantitative estimate of drug-likeness (QED) is 0.184. The van der Waals surface area contributed by atoms with Crippen LogP contribution in [0.1, 0.15) is 31.2 Å². The third-order valence-corrected chi connectivity index (χ3v) is 9.36. The van der Waals surface area contributed by atoms with Crippen LogP contribution in [0.5, 0.6) is 0 Å². The fraction of sp³-hybridized carbons (Fsp3) is 0.565. The number of aliphatic carboxylic acids is 1. The van der Waals surface area contributed by atoms with Gasteiger partial charge in [-0.25, -0.2) is 17.9 Å². The van der Waals surface area contributed by atoms with E-state index in [0.29, 0.717) is 43.5 Å². The van der Waals surface area contributed by atoms with Crippen molar-refractivity contribution in [2.75, 3.05) is 12.3 Å². The number of halogens is 3. The van der Waals surface area contributed by atoms with E-state index in [4.69, 9.17) is 21.0 Å². The summed E-state index contributed by atoms with van der Waals surface area (Å²) >= 11 is 1.50. The van der Waals surface area contributed by atoms with E-state index >= 15 is 0 Å². The van der Waals surface area contributed by atoms with E-state index in [9.17, 15) is 36.3 Å². The number of carbonyl (C=O) groups excluding carboxylic acids is 2. The van der Waals surface area contributed by atoms with Gasteiger partial charge in [-0.05, 0) is 31.2 Å². The van der Waals surface area contributed by atoms with Crippen LogP contribution in [-0.2, 0) is 30.2 Å². The number of hydrogen-bond donors (Lipinski definition) is 6. The smallest absolute Gasteiger partial charge is 0.475 e. The number of guanidine groups is 1. The molecule has 0 spiro atoms. The van der Waals surface area contributed by atoms with Gasteiger partial charge in [0.05, 0.1) is 17.2 Å². The first-order valence-electron chi connectivity index (χ1n) is 12.5. The number of fused-ring (bicyclic) bond motifs is 1. The van der Waals surface area contributed by atoms with Crippen molar-refractivity contribution >= 4 is 45.5 Å². The summed E-state index contributed by atoms with van der Waals surface area (Å²) in [4.78, 5) is 38.1. The van der Waals surface area contributed by atoms with Crippen molar-refractivity contribution in [1.29, 1.82) is 5.41 Å². The zero-order chi connectivity index (χ0) is 30.5. The summed E-state index contributed by atoms with van der Waals surface area (Å²) in [5.74, 6) is -3.66. The zero-order valence-electron chi connectivity index (χ0n) is 21.6. The van der Waals surface area contributed by atoms with Crippen molar-refractivity contribution in [2.24, 2.45) is 5.73 Å². The lowest BCUT2D eigenvalue weighted by Gasteiger charge is -2.40. The predicted molar refractivity (Wildman–Crippen MR) is 142 cm³/mol. The van der Waals surface area contributed by atoms with Crippen molar-refractivity contribution < 1.29 is 46.2 Å². The van der Waals surface area contributed by atoms with Crippen molar-refractivity contribution in [1.82, 2.24) is 19.8 Å². The standard InChI is InChI=1S/C21H30N6O5S2.C2HF3O2/c22-21(23)26-10-4-7-14(19(26)29)24-18(28)16-11-33-17-9-8-15(20(30)27(16)17)25-34(31,32)12-13-5-2-1-3-6-13;3-2(4,5)1(6)7/h1-3,5-6,14-17,19,25,29H,4,7-12H2,(H3,22,23)(H,24,28);(H,6,7)/t14-,15-,16-,17-,19?;/m0./s1. The summed E-state index contributed by atoms with van der Waals surface area (Å²) < 4.78 is 59.6. The van der Waals surface area contributed by atoms with E-state index in [-0.39, 0.29) is 17.1 Å². The Morgan fingerprint density at radius 3 is 2.39 bits per heavy atom. The predicted octanol–water partition coefficient (Wildman–Crippen LogP) is -0.0357. The lowest BCUT2D eigenvalue weighted by atomic mass is 10.0. The number of sulfonamides is 1. The average molecular weight is 625 g/mol. The largest absolute Gasteiger partial charge is 0.490 e. The Labute approximate surface area is 238 Å². The molecule has 41 heavy (non-hydrogen) atoms. The maximum atomic E-state index is 13.3. The molecule has 0 aliphatic carbocycles. The molecule has 0 radical (unpaired) electrons. The second kappa shape index (κ2) is 13.3. The van der Waals surface area contributed by atoms with Crippen molar-refractivity contribution in [3.05, 3.63) is 35.9 Å². The number of carbonyl (C=O) groups is 3. The van der Waals surface area contributed by atoms with Gasteiger partial charge in [0, 0.05) is 12.3 Å². The number of aliphatic hydroxyl groups is 1. The highest BCUT2D eigenvalue weighted by atomic mass is 32.2. The summed E-state index contributed by atoms with van der Waals surface area (Å²) in [5, 5.41) is 27.8. The van der Waals surface area contributed by atoms with Crippen LogP contribution < -0.4 is 15.8 Å². The number of amides is 2. The molecule has 2 amide bonds. The first-order chi connectivity index (χ1) is 19.1. The van der Waals surface area contributed by atoms with Gasteiger partial charge in [-0.2, -0.15) is 13.2 Å². The molecule has 3 saturated heterocycles. The van der Waals surface area contributed by atoms with Crippen LogP contribution >= 0.6 is 11.8 Å². The topological polar surface area (TPSA) is 206 Å². The molecular formula is C23H31F3N6O7S2. The van der Waals surface area contributed by atoms with E-state index in [2.05, 4.69) is 10.0 Å². The molecule has 3 aliphatic heterocycles. The molecule has 5 atom stereocenters. The molecule has 1 aromatic carbocycles. The van der Waals surface area contributed by atoms with Crippen LogP contribution in [0.4, 0.5) is 13.2 Å². The second-order valence-electron chi connectivity index (χ2n) is 9.59. The Morgan fingerprint density at radius 1 is 1.17 bits per heavy atom. The van der Waals surface area contributed by atoms with Gasteiger partial charge in [0.25, 0.3) is 0 Å². The van der Waals surface area contributed by atoms with Crippen LogP contribution in [0.25, 0.3) is 0 Å². The number of nitrogens with zero attached hydrogens (tertiary/aromatic N) is 2. The zero-order valence-corrected chi connectivity index (χ0v) is 23.2. The highest BCUT2D eigenvalue weighted by Gasteiger charge is 2.48. The SMILES string of the molecule is N=C(N)N1CCC[C@H](NC(=O)[C@@H]2CS[C@H]3CC[C@H](NS(=O)(=O)Cc4ccccc4)C(=O)N32)C1O.O=C(O)C(F)(F)F. The van der Waals surface area contributed by atoms with Crippen molar-refractivity contribution in [3.63, 3.8) is 0 Å². The summed E-state index contributed by atoms with van der Waals surface area (Å²) in [5.41, 5.74) is 6.14. The minimum atomic E-state index is -5.08. The summed E-state index contributed by atoms with van der Waals surface area (Å²) in [6, 6.07) is 6.43. The third-order valence-electron chi connectivity index (χ3n) is 6.64. The molecule has 228 valence electrons. The van der Waals surface area contributed by atoms with Gasteiger partial charge in [-0.3, -0.25) is 15.0 Å². The molecule has 3 aliphatic rings. The molecule has 1 unspecified atom stereocenters. The fourth-order valence-corrected chi connectivity index (χ4v) is 7.52. The van der Waals surface area contributed by atoms with Crippen LogP contribution in [0, 0.1) is 5.41 Å². The third kappa shape index (κ3) is 8.46. The number of thioether (sulfide) groups is 1. The van der Waals surface area contributed by atoms with Gasteiger partial charge in [0.2, 0.25) is 21.8 Å². The monoisotopic (exact) mass is 624 g/mol. The number of likely N-dealkylation sites (tertiary alicyclic amines) is 1. The Kier molecular flexibility index (Phi) is 10.5. The number of piperidine rings is 2. The number of nitrogens with two attached hydrogens (primary N) is 1. The van der Waals surface area contributed by atoms with Gasteiger partial charge in [-0.1, -0.05) is 30.3 Å². The highest BCUT2D eigenvalue weighted by molar-refractivity contribution is 8.00. The fourth-order valence-electron chi connectivity index (χ4n) is 4.73. The molecule has 4 rings (SSSR count). The Bertz CT molecular complexity index is 1240. The van der Waals surface area contributed by atoms with E-state index < -0.39 is 58.3 Å². The highest BCUT2D eigenvalue weighted by Crippen LogP contribution is 2.37. The molecule has 7 N–H and O–H groups in total. The number of hydrogen-bond acceptors (Lipinski definition) is 8. The molecule has 0 bridgehead atoms. The first kappa shape index (κ1) is 32.4. The lowest BCUT2D eigenvalue weighted by molar-refractivity contribution is -0.192. The van der Waals surface area contributed by atoms with E-state index in [0.717, 1.165) is 0 Å². The van der Waals surface area contributed by atoms with Gasteiger partial charge >= 0.3 is 12.1 Å². The number of rotatable bonds is 6. The van der Waals surface area contributed by atoms with Crippen LogP contribution in [0.15, 0.2) is 30.3 Å². The van der Waals surface area contributed by atoms with Gasteiger partial charge < -0.3 is 31.1 Å². The van der Waals surface area contributed by atoms with E-state index in [1.165, 1.54) is 21.6 Å². The van der Waals surface area contributed by atoms with Crippen molar-refractivity contribution in [3.8, 4) is 0 Å². The second-order valence-corrected chi connectivity index (χ2v) is 12.6. The van der Waals surface area contributed by atoms with Crippen LogP contribution in [-0.4, -0.2) is 100 Å². The lowest BCUT2D eigenvalue weighted by Crippen LogP contribution is -2.62. The number of carboxylic acids is 1. The minimum absolute atomic E-state index is 0.192. The van der Waals surface area contributed by atoms with Gasteiger partial charge in [0.15, 0.2) is 5.96 Å². The number of aliphatic hydroxyl groups excluding tert-OH is 1. The Morgan fingerprint density at radius 2 is 1.80 bits per heavy atom. The van der Waals surface area contributed by atoms with E-state index in [1.807, 2.05) is 0 Å². The van der Waals surface area contributed by atoms with Crippen molar-refractivity contribution in [2.45, 2.75) is 67.3 Å². The number of alkyl halides is 3. The first-order valence-corrected chi connectivity index (χ1v) is 15.2. The number of benzene rings is 1. The molecule has 0 aromatic heterocycles. The van der Waals surface area contributed by atoms with Crippen LogP contribution in [0.3, 0.4) is 0 Å². The summed E-state index contributed by atoms with van der Waals surface area (Å²) in [6.45, 7) is 0.430. The average Bonchev–Trinajstić information content (AvgIpc) is 3.32. The summed E-state index contributed by atoms with van der Waals surface area (Å²) in [6.07, 6.45) is -4.09. The maximum Gasteiger partial charge on any atom is 0.490 e. The summed E-state index contributed by atoms with van der Waals surface area (Å²) in [7, 11) is -3.75. The molecule has 3 heterocycles. The van der Waals surface area contributed by atoms with Gasteiger partial charge in [0.1, 0.15) is 18.3 Å². The molecule has 18 heteroatoms. The molecule has 0 saturated carbocycles. The number of carboxylic acid groups (broad SMARTS) is 1. The number of nitrogens with one attached hydrogen (secondary N) is 3. The maximum absolute atomic E-state index is 13.3. The minimum Gasteiger partial charge on any atom is -0.475 e. The molecule has 1 aromatic rings. The molecule has 3 fully saturated rings. The molecular weight excluding hydrogens is 593 g/mol. The Hall–Kier alpha value is -3.09.